The van der Waals surface area contributed by atoms with Crippen LogP contribution in [0.25, 0.3) is 0 Å². The second kappa shape index (κ2) is 8.36. The first-order chi connectivity index (χ1) is 10.6. The molecule has 0 aliphatic heterocycles. The second-order valence-electron chi connectivity index (χ2n) is 5.14. The highest BCUT2D eigenvalue weighted by molar-refractivity contribution is 7.99. The van der Waals surface area contributed by atoms with Crippen LogP contribution < -0.4 is 0 Å². The lowest BCUT2D eigenvalue weighted by Gasteiger charge is -2.24. The van der Waals surface area contributed by atoms with Crippen molar-refractivity contribution in [3.8, 4) is 0 Å². The molecule has 2 unspecified atom stereocenters. The Balaban J connectivity index is 1.78. The number of carbonyl (C=O) groups excluding carboxylic acids is 1. The number of thiophene rings is 1. The normalized spacial score (nSPS) is 13.6. The average Bonchev–Trinajstić information content (AvgIpc) is 3.08. The van der Waals surface area contributed by atoms with E-state index in [2.05, 4.69) is 0 Å². The minimum Gasteiger partial charge on any atom is -0.388 e. The van der Waals surface area contributed by atoms with Gasteiger partial charge in [0.25, 0.3) is 0 Å². The highest BCUT2D eigenvalue weighted by Crippen LogP contribution is 2.24. The van der Waals surface area contributed by atoms with Gasteiger partial charge in [-0.2, -0.15) is 0 Å². The Hall–Kier alpha value is -1.30. The lowest BCUT2D eigenvalue weighted by atomic mass is 10.1. The summed E-state index contributed by atoms with van der Waals surface area (Å²) in [6.07, 6.45) is -0.529. The molecule has 0 radical (unpaired) electrons. The molecule has 5 heteroatoms. The maximum Gasteiger partial charge on any atom is 0.232 e. The monoisotopic (exact) mass is 335 g/mol. The zero-order valence-corrected chi connectivity index (χ0v) is 14.4. The van der Waals surface area contributed by atoms with E-state index in [0.717, 1.165) is 5.56 Å². The van der Waals surface area contributed by atoms with E-state index in [4.69, 9.17) is 0 Å². The van der Waals surface area contributed by atoms with Crippen LogP contribution in [0.3, 0.4) is 0 Å². The molecule has 1 heterocycles. The Labute approximate surface area is 140 Å². The van der Waals surface area contributed by atoms with E-state index in [1.807, 2.05) is 61.8 Å². The third kappa shape index (κ3) is 4.60. The van der Waals surface area contributed by atoms with Crippen LogP contribution in [-0.4, -0.2) is 34.5 Å². The first kappa shape index (κ1) is 17.1. The van der Waals surface area contributed by atoms with Gasteiger partial charge in [-0.15, -0.1) is 23.1 Å². The Morgan fingerprint density at radius 1 is 1.27 bits per heavy atom. The second-order valence-corrected chi connectivity index (χ2v) is 7.15. The van der Waals surface area contributed by atoms with Crippen LogP contribution in [0, 0.1) is 0 Å². The Morgan fingerprint density at radius 2 is 2.00 bits per heavy atom. The summed E-state index contributed by atoms with van der Waals surface area (Å²) in [5.74, 6) is 0.999. The average molecular weight is 335 g/mol. The third-order valence-corrected chi connectivity index (χ3v) is 5.66. The number of aliphatic hydroxyl groups is 1. The number of amides is 1. The van der Waals surface area contributed by atoms with Crippen LogP contribution in [0.4, 0.5) is 0 Å². The molecule has 22 heavy (non-hydrogen) atoms. The van der Waals surface area contributed by atoms with E-state index in [0.29, 0.717) is 11.5 Å². The topological polar surface area (TPSA) is 40.5 Å². The van der Waals surface area contributed by atoms with Gasteiger partial charge < -0.3 is 10.0 Å². The molecule has 0 spiro atoms. The summed E-state index contributed by atoms with van der Waals surface area (Å²) < 4.78 is 0. The molecule has 2 aromatic rings. The van der Waals surface area contributed by atoms with E-state index < -0.39 is 6.10 Å². The van der Waals surface area contributed by atoms with Crippen LogP contribution in [-0.2, 0) is 4.79 Å². The number of hydrogen-bond donors (Lipinski definition) is 1. The summed E-state index contributed by atoms with van der Waals surface area (Å²) in [5.41, 5.74) is 0.891. The van der Waals surface area contributed by atoms with E-state index in [1.165, 1.54) is 16.6 Å². The fourth-order valence-corrected chi connectivity index (χ4v) is 3.81. The Kier molecular flexibility index (Phi) is 6.49. The number of nitrogens with zero attached hydrogens (tertiary/aromatic N) is 1. The van der Waals surface area contributed by atoms with Gasteiger partial charge in [0.05, 0.1) is 17.9 Å². The van der Waals surface area contributed by atoms with Gasteiger partial charge in [0.15, 0.2) is 0 Å². The molecule has 1 amide bonds. The number of hydrogen-bond acceptors (Lipinski definition) is 4. The largest absolute Gasteiger partial charge is 0.388 e. The highest BCUT2D eigenvalue weighted by Gasteiger charge is 2.18. The lowest BCUT2D eigenvalue weighted by molar-refractivity contribution is -0.128. The molecule has 0 bridgehead atoms. The molecular weight excluding hydrogens is 314 g/mol. The fraction of sp³-hybridized carbons (Fsp3) is 0.353. The smallest absolute Gasteiger partial charge is 0.232 e. The zero-order chi connectivity index (χ0) is 15.9. The summed E-state index contributed by atoms with van der Waals surface area (Å²) in [6.45, 7) is 2.03. The first-order valence-corrected chi connectivity index (χ1v) is 9.23. The van der Waals surface area contributed by atoms with Gasteiger partial charge >= 0.3 is 0 Å². The van der Waals surface area contributed by atoms with Gasteiger partial charge in [-0.25, -0.2) is 0 Å². The molecule has 3 nitrogen and oxygen atoms in total. The van der Waals surface area contributed by atoms with Crippen molar-refractivity contribution in [1.29, 1.82) is 0 Å². The molecule has 1 N–H and O–H groups in total. The molecule has 118 valence electrons. The number of aliphatic hydroxyl groups excluding tert-OH is 1. The van der Waals surface area contributed by atoms with E-state index in [-0.39, 0.29) is 11.9 Å². The number of rotatable bonds is 7. The highest BCUT2D eigenvalue weighted by atomic mass is 32.2. The molecule has 0 fully saturated rings. The van der Waals surface area contributed by atoms with Crippen LogP contribution in [0.15, 0.2) is 47.8 Å². The number of benzene rings is 1. The summed E-state index contributed by atoms with van der Waals surface area (Å²) in [7, 11) is 1.83. The summed E-state index contributed by atoms with van der Waals surface area (Å²) >= 11 is 3.13. The standard InChI is InChI=1S/C17H21NO2S2/c1-13(16-9-6-10-22-16)18(2)17(20)12-21-11-15(19)14-7-4-3-5-8-14/h3-10,13,15,19H,11-12H2,1-2H3. The number of thioether (sulfide) groups is 1. The van der Waals surface area contributed by atoms with Crippen molar-refractivity contribution in [3.63, 3.8) is 0 Å². The summed E-state index contributed by atoms with van der Waals surface area (Å²) in [4.78, 5) is 15.2. The predicted octanol–water partition coefficient (Wildman–Crippen LogP) is 3.73. The Morgan fingerprint density at radius 3 is 2.64 bits per heavy atom. The molecule has 0 saturated carbocycles. The van der Waals surface area contributed by atoms with Crippen molar-refractivity contribution >= 4 is 29.0 Å². The van der Waals surface area contributed by atoms with Crippen LogP contribution in [0.1, 0.15) is 29.5 Å². The molecule has 0 aliphatic rings. The number of carbonyl (C=O) groups is 1. The van der Waals surface area contributed by atoms with Gasteiger partial charge in [-0.05, 0) is 23.9 Å². The van der Waals surface area contributed by atoms with Crippen LogP contribution in [0.5, 0.6) is 0 Å². The molecule has 1 aromatic heterocycles. The minimum atomic E-state index is -0.529. The maximum atomic E-state index is 12.2. The van der Waals surface area contributed by atoms with Crippen LogP contribution in [0.2, 0.25) is 0 Å². The van der Waals surface area contributed by atoms with Gasteiger partial charge in [0.1, 0.15) is 0 Å². The van der Waals surface area contributed by atoms with Crippen molar-refractivity contribution in [1.82, 2.24) is 4.90 Å². The van der Waals surface area contributed by atoms with Crippen molar-refractivity contribution in [2.75, 3.05) is 18.6 Å². The van der Waals surface area contributed by atoms with Crippen molar-refractivity contribution in [2.24, 2.45) is 0 Å². The van der Waals surface area contributed by atoms with Gasteiger partial charge in [0.2, 0.25) is 5.91 Å². The van der Waals surface area contributed by atoms with Crippen molar-refractivity contribution in [2.45, 2.75) is 19.1 Å². The SMILES string of the molecule is CC(c1cccs1)N(C)C(=O)CSCC(O)c1ccccc1. The van der Waals surface area contributed by atoms with Gasteiger partial charge in [-0.3, -0.25) is 4.79 Å². The molecule has 0 saturated heterocycles. The van der Waals surface area contributed by atoms with E-state index in [9.17, 15) is 9.90 Å². The van der Waals surface area contributed by atoms with Crippen LogP contribution >= 0.6 is 23.1 Å². The molecule has 2 rings (SSSR count). The first-order valence-electron chi connectivity index (χ1n) is 7.19. The van der Waals surface area contributed by atoms with E-state index in [1.54, 1.807) is 16.2 Å². The van der Waals surface area contributed by atoms with Crippen molar-refractivity contribution in [3.05, 3.63) is 58.3 Å². The molecule has 2 atom stereocenters. The Bertz CT molecular complexity index is 572. The predicted molar refractivity (Wildman–Crippen MR) is 94.2 cm³/mol. The van der Waals surface area contributed by atoms with Crippen molar-refractivity contribution < 1.29 is 9.90 Å². The zero-order valence-electron chi connectivity index (χ0n) is 12.8. The lowest BCUT2D eigenvalue weighted by Crippen LogP contribution is -2.30. The third-order valence-electron chi connectivity index (χ3n) is 3.61. The summed E-state index contributed by atoms with van der Waals surface area (Å²) in [5, 5.41) is 12.1. The van der Waals surface area contributed by atoms with Gasteiger partial charge in [-0.1, -0.05) is 36.4 Å². The molecule has 0 aliphatic carbocycles. The molecule has 1 aromatic carbocycles. The minimum absolute atomic E-state index is 0.0890. The van der Waals surface area contributed by atoms with E-state index >= 15 is 0 Å². The maximum absolute atomic E-state index is 12.2. The molecular formula is C17H21NO2S2. The summed E-state index contributed by atoms with van der Waals surface area (Å²) in [6, 6.07) is 13.7. The fourth-order valence-electron chi connectivity index (χ4n) is 2.07. The van der Waals surface area contributed by atoms with Gasteiger partial charge in [0, 0.05) is 17.7 Å². The quantitative estimate of drug-likeness (QED) is 0.838.